The Kier molecular flexibility index (Phi) is 1.52. The molecular formula is C9H10N2O2. The molecule has 0 saturated carbocycles. The van der Waals surface area contributed by atoms with E-state index in [4.69, 9.17) is 0 Å². The van der Waals surface area contributed by atoms with Gasteiger partial charge in [-0.15, -0.1) is 0 Å². The van der Waals surface area contributed by atoms with Crippen LogP contribution >= 0.6 is 0 Å². The van der Waals surface area contributed by atoms with Crippen molar-refractivity contribution in [2.45, 2.75) is 13.3 Å². The van der Waals surface area contributed by atoms with E-state index in [1.54, 1.807) is 6.20 Å². The van der Waals surface area contributed by atoms with Crippen LogP contribution in [0.25, 0.3) is 0 Å². The average molecular weight is 178 g/mol. The number of likely N-dealkylation sites (N-methyl/N-ethyl adjacent to an activating group) is 1. The molecule has 0 fully saturated rings. The van der Waals surface area contributed by atoms with Crippen molar-refractivity contribution in [1.29, 1.82) is 0 Å². The maximum absolute atomic E-state index is 11.6. The largest absolute Gasteiger partial charge is 0.364 e. The molecule has 0 radical (unpaired) electrons. The number of nitrogens with zero attached hydrogens (tertiary/aromatic N) is 1. The third-order valence-corrected chi connectivity index (χ3v) is 2.39. The summed E-state index contributed by atoms with van der Waals surface area (Å²) < 4.78 is 0. The number of rotatable bonds is 0. The highest BCUT2D eigenvalue weighted by Crippen LogP contribution is 2.21. The van der Waals surface area contributed by atoms with E-state index in [0.29, 0.717) is 12.0 Å². The highest BCUT2D eigenvalue weighted by atomic mass is 16.2. The van der Waals surface area contributed by atoms with Gasteiger partial charge in [0, 0.05) is 18.9 Å². The fraction of sp³-hybridized carbons (Fsp3) is 0.333. The number of hydrogen-bond acceptors (Lipinski definition) is 2. The summed E-state index contributed by atoms with van der Waals surface area (Å²) in [7, 11) is 1.51. The van der Waals surface area contributed by atoms with Gasteiger partial charge < -0.3 is 4.98 Å². The molecule has 0 aliphatic carbocycles. The minimum absolute atomic E-state index is 0.142. The third-order valence-electron chi connectivity index (χ3n) is 2.39. The van der Waals surface area contributed by atoms with Crippen LogP contribution in [0, 0.1) is 6.92 Å². The van der Waals surface area contributed by atoms with Crippen LogP contribution in [-0.2, 0) is 11.2 Å². The molecule has 4 heteroatoms. The summed E-state index contributed by atoms with van der Waals surface area (Å²) in [5, 5.41) is 0. The van der Waals surface area contributed by atoms with Gasteiger partial charge in [0.25, 0.3) is 5.91 Å². The van der Waals surface area contributed by atoms with Crippen molar-refractivity contribution >= 4 is 11.8 Å². The van der Waals surface area contributed by atoms with Crippen LogP contribution in [0.3, 0.4) is 0 Å². The summed E-state index contributed by atoms with van der Waals surface area (Å²) in [5.74, 6) is -0.346. The SMILES string of the molecule is Cc1[nH]cc2c1C(=O)N(C)C(=O)C2. The summed E-state index contributed by atoms with van der Waals surface area (Å²) in [5.41, 5.74) is 2.30. The lowest BCUT2D eigenvalue weighted by Gasteiger charge is -2.20. The summed E-state index contributed by atoms with van der Waals surface area (Å²) in [6.45, 7) is 1.83. The van der Waals surface area contributed by atoms with Gasteiger partial charge in [0.15, 0.2) is 0 Å². The Morgan fingerprint density at radius 2 is 2.15 bits per heavy atom. The number of fused-ring (bicyclic) bond motifs is 1. The fourth-order valence-corrected chi connectivity index (χ4v) is 1.58. The molecule has 68 valence electrons. The summed E-state index contributed by atoms with van der Waals surface area (Å²) in [4.78, 5) is 27.0. The van der Waals surface area contributed by atoms with Crippen LogP contribution < -0.4 is 0 Å². The first-order valence-corrected chi connectivity index (χ1v) is 4.09. The quantitative estimate of drug-likeness (QED) is 0.587. The molecule has 0 bridgehead atoms. The first-order valence-electron chi connectivity index (χ1n) is 4.09. The van der Waals surface area contributed by atoms with E-state index >= 15 is 0 Å². The van der Waals surface area contributed by atoms with E-state index in [-0.39, 0.29) is 11.8 Å². The number of aromatic nitrogens is 1. The number of aromatic amines is 1. The Bertz CT molecular complexity index is 392. The van der Waals surface area contributed by atoms with E-state index in [1.165, 1.54) is 11.9 Å². The van der Waals surface area contributed by atoms with Crippen molar-refractivity contribution < 1.29 is 9.59 Å². The number of imide groups is 1. The molecule has 2 rings (SSSR count). The van der Waals surface area contributed by atoms with E-state index in [2.05, 4.69) is 4.98 Å². The molecule has 4 nitrogen and oxygen atoms in total. The van der Waals surface area contributed by atoms with Gasteiger partial charge in [-0.2, -0.15) is 0 Å². The van der Waals surface area contributed by atoms with Gasteiger partial charge in [0.05, 0.1) is 12.0 Å². The van der Waals surface area contributed by atoms with E-state index in [1.807, 2.05) is 6.92 Å². The molecule has 1 aromatic heterocycles. The monoisotopic (exact) mass is 178 g/mol. The molecule has 0 atom stereocenters. The lowest BCUT2D eigenvalue weighted by Crippen LogP contribution is -2.38. The van der Waals surface area contributed by atoms with E-state index in [0.717, 1.165) is 11.3 Å². The lowest BCUT2D eigenvalue weighted by atomic mass is 10.0. The Hall–Kier alpha value is -1.58. The van der Waals surface area contributed by atoms with Crippen molar-refractivity contribution in [3.8, 4) is 0 Å². The zero-order chi connectivity index (χ0) is 9.59. The van der Waals surface area contributed by atoms with Crippen LogP contribution in [-0.4, -0.2) is 28.7 Å². The van der Waals surface area contributed by atoms with Gasteiger partial charge in [-0.05, 0) is 12.5 Å². The first-order chi connectivity index (χ1) is 6.11. The number of carbonyl (C=O) groups excluding carboxylic acids is 2. The van der Waals surface area contributed by atoms with Crippen molar-refractivity contribution in [3.05, 3.63) is 23.0 Å². The molecule has 1 aliphatic heterocycles. The number of nitrogens with one attached hydrogen (secondary N) is 1. The van der Waals surface area contributed by atoms with Crippen molar-refractivity contribution in [3.63, 3.8) is 0 Å². The molecule has 2 amide bonds. The molecule has 2 heterocycles. The van der Waals surface area contributed by atoms with Gasteiger partial charge >= 0.3 is 0 Å². The number of amides is 2. The summed E-state index contributed by atoms with van der Waals surface area (Å²) in [6, 6.07) is 0. The zero-order valence-electron chi connectivity index (χ0n) is 7.55. The minimum Gasteiger partial charge on any atom is -0.364 e. The highest BCUT2D eigenvalue weighted by molar-refractivity contribution is 6.10. The fourth-order valence-electron chi connectivity index (χ4n) is 1.58. The molecule has 1 aromatic rings. The van der Waals surface area contributed by atoms with Crippen LogP contribution in [0.4, 0.5) is 0 Å². The second kappa shape index (κ2) is 2.45. The van der Waals surface area contributed by atoms with Crippen molar-refractivity contribution in [2.24, 2.45) is 0 Å². The predicted molar refractivity (Wildman–Crippen MR) is 46.3 cm³/mol. The van der Waals surface area contributed by atoms with Crippen LogP contribution in [0.2, 0.25) is 0 Å². The molecule has 1 N–H and O–H groups in total. The Labute approximate surface area is 75.5 Å². The molecule has 1 aliphatic rings. The van der Waals surface area contributed by atoms with Crippen LogP contribution in [0.15, 0.2) is 6.20 Å². The van der Waals surface area contributed by atoms with Crippen molar-refractivity contribution in [1.82, 2.24) is 9.88 Å². The summed E-state index contributed by atoms with van der Waals surface area (Å²) >= 11 is 0. The Morgan fingerprint density at radius 1 is 1.46 bits per heavy atom. The van der Waals surface area contributed by atoms with Gasteiger partial charge in [-0.3, -0.25) is 14.5 Å². The molecule has 0 spiro atoms. The van der Waals surface area contributed by atoms with Crippen molar-refractivity contribution in [2.75, 3.05) is 7.05 Å². The summed E-state index contributed by atoms with van der Waals surface area (Å²) in [6.07, 6.45) is 2.05. The Morgan fingerprint density at radius 3 is 2.85 bits per heavy atom. The number of carbonyl (C=O) groups is 2. The maximum Gasteiger partial charge on any atom is 0.262 e. The second-order valence-electron chi connectivity index (χ2n) is 3.25. The third kappa shape index (κ3) is 0.983. The molecular weight excluding hydrogens is 168 g/mol. The van der Waals surface area contributed by atoms with Gasteiger partial charge in [-0.1, -0.05) is 0 Å². The topological polar surface area (TPSA) is 53.2 Å². The van der Waals surface area contributed by atoms with Crippen LogP contribution in [0.5, 0.6) is 0 Å². The standard InChI is InChI=1S/C9H10N2O2/c1-5-8-6(4-10-5)3-7(12)11(2)9(8)13/h4,10H,3H2,1-2H3. The minimum atomic E-state index is -0.204. The lowest BCUT2D eigenvalue weighted by molar-refractivity contribution is -0.127. The molecule has 13 heavy (non-hydrogen) atoms. The highest BCUT2D eigenvalue weighted by Gasteiger charge is 2.30. The normalized spacial score (nSPS) is 16.3. The first kappa shape index (κ1) is 8.04. The van der Waals surface area contributed by atoms with E-state index < -0.39 is 0 Å². The number of aryl methyl sites for hydroxylation is 1. The molecule has 0 unspecified atom stereocenters. The molecule has 0 aromatic carbocycles. The predicted octanol–water partition coefficient (Wildman–Crippen LogP) is 0.478. The van der Waals surface area contributed by atoms with Crippen LogP contribution in [0.1, 0.15) is 21.6 Å². The maximum atomic E-state index is 11.6. The number of H-pyrrole nitrogens is 1. The smallest absolute Gasteiger partial charge is 0.262 e. The zero-order valence-corrected chi connectivity index (χ0v) is 7.55. The van der Waals surface area contributed by atoms with Gasteiger partial charge in [0.2, 0.25) is 5.91 Å². The second-order valence-corrected chi connectivity index (χ2v) is 3.25. The van der Waals surface area contributed by atoms with E-state index in [9.17, 15) is 9.59 Å². The number of hydrogen-bond donors (Lipinski definition) is 1. The van der Waals surface area contributed by atoms with Gasteiger partial charge in [0.1, 0.15) is 0 Å². The average Bonchev–Trinajstić information content (AvgIpc) is 2.43. The van der Waals surface area contributed by atoms with Gasteiger partial charge in [-0.25, -0.2) is 0 Å². The Balaban J connectivity index is 2.58. The molecule has 0 saturated heterocycles.